The van der Waals surface area contributed by atoms with E-state index in [0.717, 1.165) is 56.6 Å². The topological polar surface area (TPSA) is 135 Å². The lowest BCUT2D eigenvalue weighted by atomic mass is 9.82. The fraction of sp³-hybridized carbons (Fsp3) is 0.414. The number of methoxy groups -OCH3 is 5. The summed E-state index contributed by atoms with van der Waals surface area (Å²) in [6, 6.07) is 5.18. The summed E-state index contributed by atoms with van der Waals surface area (Å²) < 4.78 is 24.2. The van der Waals surface area contributed by atoms with E-state index in [1.807, 2.05) is 13.8 Å². The van der Waals surface area contributed by atoms with Gasteiger partial charge in [0.25, 0.3) is 0 Å². The van der Waals surface area contributed by atoms with Gasteiger partial charge in [-0.25, -0.2) is 19.2 Å². The van der Waals surface area contributed by atoms with E-state index in [9.17, 15) is 24.0 Å². The third kappa shape index (κ3) is 5.02. The van der Waals surface area contributed by atoms with Gasteiger partial charge in [-0.3, -0.25) is 4.79 Å². The number of fused-ring (bicyclic) bond motifs is 3. The molecule has 1 amide bonds. The highest BCUT2D eigenvalue weighted by Crippen LogP contribution is 2.71. The van der Waals surface area contributed by atoms with E-state index in [4.69, 9.17) is 23.7 Å². The van der Waals surface area contributed by atoms with Gasteiger partial charge in [0.15, 0.2) is 0 Å². The Morgan fingerprint density at radius 1 is 0.767 bits per heavy atom. The lowest BCUT2D eigenvalue weighted by Gasteiger charge is -2.51. The number of hydrogen-bond acceptors (Lipinski definition) is 13. The van der Waals surface area contributed by atoms with E-state index in [-0.39, 0.29) is 26.2 Å². The first-order valence-electron chi connectivity index (χ1n) is 12.9. The van der Waals surface area contributed by atoms with Crippen molar-refractivity contribution >= 4 is 76.3 Å². The Bertz CT molecular complexity index is 1510. The van der Waals surface area contributed by atoms with Crippen molar-refractivity contribution in [1.82, 2.24) is 0 Å². The van der Waals surface area contributed by atoms with Crippen LogP contribution in [0.4, 0.5) is 5.69 Å². The first-order chi connectivity index (χ1) is 20.2. The minimum absolute atomic E-state index is 0.111. The molecule has 230 valence electrons. The van der Waals surface area contributed by atoms with E-state index in [0.29, 0.717) is 27.5 Å². The van der Waals surface area contributed by atoms with E-state index in [2.05, 4.69) is 0 Å². The van der Waals surface area contributed by atoms with Crippen LogP contribution in [0.5, 0.6) is 5.75 Å². The van der Waals surface area contributed by atoms with Crippen molar-refractivity contribution < 1.29 is 47.7 Å². The number of amides is 1. The zero-order chi connectivity index (χ0) is 32.0. The number of thioether (sulfide) groups is 3. The van der Waals surface area contributed by atoms with Gasteiger partial charge in [-0.15, -0.1) is 0 Å². The lowest BCUT2D eigenvalue weighted by molar-refractivity contribution is -0.138. The normalized spacial score (nSPS) is 18.3. The molecule has 14 heteroatoms. The van der Waals surface area contributed by atoms with Gasteiger partial charge in [0.05, 0.1) is 52.3 Å². The predicted octanol–water partition coefficient (Wildman–Crippen LogP) is 4.27. The average molecular weight is 650 g/mol. The summed E-state index contributed by atoms with van der Waals surface area (Å²) >= 11 is 2.71. The molecule has 3 heterocycles. The van der Waals surface area contributed by atoms with Crippen molar-refractivity contribution in [2.24, 2.45) is 5.92 Å². The van der Waals surface area contributed by atoms with Gasteiger partial charge in [0.1, 0.15) is 24.5 Å². The quantitative estimate of drug-likeness (QED) is 0.321. The van der Waals surface area contributed by atoms with Crippen LogP contribution in [0.1, 0.15) is 33.3 Å². The van der Waals surface area contributed by atoms with Crippen LogP contribution in [0.3, 0.4) is 0 Å². The Morgan fingerprint density at radius 2 is 1.28 bits per heavy atom. The molecule has 0 fully saturated rings. The molecule has 0 N–H and O–H groups in total. The molecule has 1 aromatic rings. The maximum atomic E-state index is 13.8. The number of benzene rings is 1. The van der Waals surface area contributed by atoms with Crippen LogP contribution < -0.4 is 9.64 Å². The highest BCUT2D eigenvalue weighted by molar-refractivity contribution is 8.26. The molecule has 0 saturated heterocycles. The summed E-state index contributed by atoms with van der Waals surface area (Å²) in [4.78, 5) is 68.9. The molecule has 0 saturated carbocycles. The molecule has 0 aromatic heterocycles. The maximum Gasteiger partial charge on any atom is 0.345 e. The van der Waals surface area contributed by atoms with Crippen molar-refractivity contribution in [1.29, 1.82) is 0 Å². The van der Waals surface area contributed by atoms with Crippen LogP contribution in [0.2, 0.25) is 0 Å². The van der Waals surface area contributed by atoms with Crippen LogP contribution in [0, 0.1) is 5.92 Å². The zero-order valence-electron chi connectivity index (χ0n) is 25.1. The SMILES string of the molecule is COC(=O)C1=C(C(=O)OC)SC2(S1)C(C(=O)OC)=C(C(=O)OC)SC1=C2c2cc(OC)ccc2N(C(=O)C(C)C)C1(C)C. The van der Waals surface area contributed by atoms with Crippen molar-refractivity contribution in [2.45, 2.75) is 37.3 Å². The summed E-state index contributed by atoms with van der Waals surface area (Å²) in [5, 5.41) is 0. The minimum atomic E-state index is -1.66. The van der Waals surface area contributed by atoms with Gasteiger partial charge in [-0.05, 0) is 32.0 Å². The van der Waals surface area contributed by atoms with Crippen molar-refractivity contribution in [3.05, 3.63) is 49.0 Å². The highest BCUT2D eigenvalue weighted by Gasteiger charge is 2.62. The summed E-state index contributed by atoms with van der Waals surface area (Å²) in [6.07, 6.45) is 0. The van der Waals surface area contributed by atoms with Crippen molar-refractivity contribution in [3.63, 3.8) is 0 Å². The fourth-order valence-corrected chi connectivity index (χ4v) is 10.1. The van der Waals surface area contributed by atoms with E-state index >= 15 is 0 Å². The minimum Gasteiger partial charge on any atom is -0.497 e. The van der Waals surface area contributed by atoms with Gasteiger partial charge < -0.3 is 28.6 Å². The Hall–Kier alpha value is -3.36. The number of ether oxygens (including phenoxy) is 5. The molecule has 3 aliphatic heterocycles. The number of nitrogens with zero attached hydrogens (tertiary/aromatic N) is 1. The summed E-state index contributed by atoms with van der Waals surface area (Å²) in [7, 11) is 6.16. The van der Waals surface area contributed by atoms with Crippen molar-refractivity contribution in [2.75, 3.05) is 40.4 Å². The van der Waals surface area contributed by atoms with Gasteiger partial charge in [-0.1, -0.05) is 49.1 Å². The number of hydrogen-bond donors (Lipinski definition) is 0. The number of carbonyl (C=O) groups excluding carboxylic acids is 5. The molecular weight excluding hydrogens is 619 g/mol. The third-order valence-electron chi connectivity index (χ3n) is 7.06. The fourth-order valence-electron chi connectivity index (χ4n) is 5.08. The number of rotatable bonds is 6. The third-order valence-corrected chi connectivity index (χ3v) is 11.7. The van der Waals surface area contributed by atoms with Crippen LogP contribution in [0.25, 0.3) is 5.57 Å². The summed E-state index contributed by atoms with van der Waals surface area (Å²) in [5.41, 5.74) is 0.260. The molecule has 1 aromatic carbocycles. The Kier molecular flexibility index (Phi) is 9.06. The first kappa shape index (κ1) is 32.6. The monoisotopic (exact) mass is 649 g/mol. The molecular formula is C29H31NO10S3. The smallest absolute Gasteiger partial charge is 0.345 e. The van der Waals surface area contributed by atoms with E-state index in [1.165, 1.54) is 14.2 Å². The molecule has 0 bridgehead atoms. The lowest BCUT2D eigenvalue weighted by Crippen LogP contribution is -2.54. The molecule has 0 unspecified atom stereocenters. The number of anilines is 1. The second-order valence-corrected chi connectivity index (χ2v) is 14.0. The Labute approximate surface area is 261 Å². The predicted molar refractivity (Wildman–Crippen MR) is 164 cm³/mol. The number of esters is 4. The molecule has 0 aliphatic carbocycles. The molecule has 0 atom stereocenters. The second kappa shape index (κ2) is 12.0. The maximum absolute atomic E-state index is 13.8. The summed E-state index contributed by atoms with van der Waals surface area (Å²) in [5.74, 6) is -3.51. The summed E-state index contributed by atoms with van der Waals surface area (Å²) in [6.45, 7) is 7.23. The van der Waals surface area contributed by atoms with Crippen LogP contribution in [-0.4, -0.2) is 75.0 Å². The first-order valence-corrected chi connectivity index (χ1v) is 15.4. The van der Waals surface area contributed by atoms with Crippen LogP contribution in [0.15, 0.2) is 43.4 Å². The second-order valence-electron chi connectivity index (χ2n) is 10.2. The number of carbonyl (C=O) groups is 5. The Morgan fingerprint density at radius 3 is 1.74 bits per heavy atom. The van der Waals surface area contributed by atoms with Gasteiger partial charge in [0.2, 0.25) is 5.91 Å². The average Bonchev–Trinajstić information content (AvgIpc) is 3.38. The zero-order valence-corrected chi connectivity index (χ0v) is 27.5. The van der Waals surface area contributed by atoms with Gasteiger partial charge in [-0.2, -0.15) is 0 Å². The van der Waals surface area contributed by atoms with Crippen LogP contribution in [-0.2, 0) is 42.9 Å². The molecule has 0 radical (unpaired) electrons. The standard InChI is InChI=1S/C29H31NO10S3/c1-13(2)23(31)30-16-11-10-14(36-5)12-15(16)17-22(28(30,3)4)41-19(25(33)38-7)18(24(32)37-6)29(17)42-20(26(34)39-8)21(43-29)27(35)40-9/h10-13H,1-9H3. The van der Waals surface area contributed by atoms with Crippen LogP contribution >= 0.6 is 35.3 Å². The molecule has 3 aliphatic rings. The Balaban J connectivity index is 2.20. The van der Waals surface area contributed by atoms with Gasteiger partial charge in [0, 0.05) is 22.0 Å². The van der Waals surface area contributed by atoms with Gasteiger partial charge >= 0.3 is 23.9 Å². The molecule has 43 heavy (non-hydrogen) atoms. The highest BCUT2D eigenvalue weighted by atomic mass is 32.2. The van der Waals surface area contributed by atoms with Crippen molar-refractivity contribution in [3.8, 4) is 5.75 Å². The van der Waals surface area contributed by atoms with E-state index in [1.54, 1.807) is 36.9 Å². The molecule has 1 spiro atoms. The molecule has 4 rings (SSSR count). The van der Waals surface area contributed by atoms with E-state index < -0.39 is 39.4 Å². The molecule has 11 nitrogen and oxygen atoms in total. The largest absolute Gasteiger partial charge is 0.497 e.